The first-order valence-corrected chi connectivity index (χ1v) is 7.60. The van der Waals surface area contributed by atoms with Crippen molar-refractivity contribution < 1.29 is 13.6 Å². The summed E-state index contributed by atoms with van der Waals surface area (Å²) in [6, 6.07) is 6.35. The lowest BCUT2D eigenvalue weighted by atomic mass is 10.00. The number of nitrogens with zero attached hydrogens (tertiary/aromatic N) is 3. The van der Waals surface area contributed by atoms with Crippen molar-refractivity contribution in [2.24, 2.45) is 0 Å². The first kappa shape index (κ1) is 14.7. The summed E-state index contributed by atoms with van der Waals surface area (Å²) in [7, 11) is 0. The van der Waals surface area contributed by atoms with Crippen LogP contribution in [-0.4, -0.2) is 33.6 Å². The number of piperidine rings is 1. The van der Waals surface area contributed by atoms with Crippen LogP contribution in [0, 0.1) is 5.82 Å². The third kappa shape index (κ3) is 2.73. The zero-order valence-electron chi connectivity index (χ0n) is 12.5. The number of hydrogen-bond acceptors (Lipinski definition) is 4. The zero-order valence-corrected chi connectivity index (χ0v) is 12.5. The second kappa shape index (κ2) is 6.25. The predicted molar refractivity (Wildman–Crippen MR) is 78.7 cm³/mol. The molecular formula is C16H18FN3O2. The summed E-state index contributed by atoms with van der Waals surface area (Å²) in [5, 5.41) is 7.61. The van der Waals surface area contributed by atoms with Gasteiger partial charge in [0.2, 0.25) is 0 Å². The largest absolute Gasteiger partial charge is 0.412 e. The summed E-state index contributed by atoms with van der Waals surface area (Å²) >= 11 is 0. The van der Waals surface area contributed by atoms with Gasteiger partial charge in [0.05, 0.1) is 5.56 Å². The van der Waals surface area contributed by atoms with Crippen LogP contribution in [0.1, 0.15) is 43.3 Å². The number of likely N-dealkylation sites (tertiary alicyclic amines) is 1. The molecule has 0 N–H and O–H groups in total. The van der Waals surface area contributed by atoms with Gasteiger partial charge in [-0.05, 0) is 37.8 Å². The fourth-order valence-electron chi connectivity index (χ4n) is 2.87. The number of carbonyl (C=O) groups excluding carboxylic acids is 1. The Labute approximate surface area is 128 Å². The van der Waals surface area contributed by atoms with Crippen LogP contribution in [0.15, 0.2) is 28.7 Å². The van der Waals surface area contributed by atoms with Gasteiger partial charge >= 0.3 is 11.8 Å². The first-order chi connectivity index (χ1) is 10.7. The highest BCUT2D eigenvalue weighted by Crippen LogP contribution is 2.24. The van der Waals surface area contributed by atoms with E-state index in [0.717, 1.165) is 25.7 Å². The molecule has 22 heavy (non-hydrogen) atoms. The monoisotopic (exact) mass is 303 g/mol. The van der Waals surface area contributed by atoms with E-state index >= 15 is 0 Å². The van der Waals surface area contributed by atoms with Crippen LogP contribution < -0.4 is 0 Å². The summed E-state index contributed by atoms with van der Waals surface area (Å²) in [5.41, 5.74) is 0.208. The first-order valence-electron chi connectivity index (χ1n) is 7.60. The van der Waals surface area contributed by atoms with E-state index in [1.807, 2.05) is 0 Å². The normalized spacial score (nSPS) is 18.5. The second-order valence-electron chi connectivity index (χ2n) is 5.45. The van der Waals surface area contributed by atoms with Crippen molar-refractivity contribution in [1.82, 2.24) is 15.1 Å². The van der Waals surface area contributed by atoms with Crippen molar-refractivity contribution in [1.29, 1.82) is 0 Å². The number of halogens is 1. The minimum atomic E-state index is -0.449. The molecule has 0 spiro atoms. The van der Waals surface area contributed by atoms with E-state index in [2.05, 4.69) is 17.1 Å². The topological polar surface area (TPSA) is 59.2 Å². The maximum atomic E-state index is 13.7. The van der Waals surface area contributed by atoms with Crippen molar-refractivity contribution >= 4 is 5.91 Å². The van der Waals surface area contributed by atoms with E-state index in [0.29, 0.717) is 6.54 Å². The van der Waals surface area contributed by atoms with Crippen LogP contribution >= 0.6 is 0 Å². The molecule has 0 aliphatic carbocycles. The van der Waals surface area contributed by atoms with Crippen molar-refractivity contribution in [2.75, 3.05) is 6.54 Å². The van der Waals surface area contributed by atoms with Gasteiger partial charge in [-0.15, -0.1) is 10.2 Å². The molecule has 1 saturated heterocycles. The van der Waals surface area contributed by atoms with Crippen LogP contribution in [-0.2, 0) is 0 Å². The lowest BCUT2D eigenvalue weighted by Crippen LogP contribution is -2.43. The minimum Gasteiger partial charge on any atom is -0.412 e. The molecule has 1 aromatic heterocycles. The van der Waals surface area contributed by atoms with Gasteiger partial charge in [0, 0.05) is 12.6 Å². The van der Waals surface area contributed by atoms with Crippen LogP contribution in [0.25, 0.3) is 11.5 Å². The second-order valence-corrected chi connectivity index (χ2v) is 5.45. The van der Waals surface area contributed by atoms with Crippen molar-refractivity contribution in [3.8, 4) is 11.5 Å². The fraction of sp³-hybridized carbons (Fsp3) is 0.438. The average molecular weight is 303 g/mol. The van der Waals surface area contributed by atoms with Gasteiger partial charge in [-0.2, -0.15) is 0 Å². The smallest absolute Gasteiger partial charge is 0.311 e. The summed E-state index contributed by atoms with van der Waals surface area (Å²) in [6.45, 7) is 2.77. The van der Waals surface area contributed by atoms with Crippen LogP contribution in [0.5, 0.6) is 0 Å². The minimum absolute atomic E-state index is 0.0338. The number of benzene rings is 1. The van der Waals surface area contributed by atoms with E-state index < -0.39 is 5.82 Å². The molecule has 1 aliphatic rings. The van der Waals surface area contributed by atoms with Gasteiger partial charge in [0.15, 0.2) is 0 Å². The van der Waals surface area contributed by atoms with Crippen molar-refractivity contribution in [2.45, 2.75) is 38.6 Å². The summed E-state index contributed by atoms with van der Waals surface area (Å²) < 4.78 is 19.1. The highest BCUT2D eigenvalue weighted by molar-refractivity contribution is 5.90. The molecule has 1 aliphatic heterocycles. The molecule has 3 rings (SSSR count). The molecule has 6 heteroatoms. The van der Waals surface area contributed by atoms with E-state index in [-0.39, 0.29) is 29.3 Å². The molecule has 5 nitrogen and oxygen atoms in total. The Balaban J connectivity index is 1.84. The van der Waals surface area contributed by atoms with Gasteiger partial charge in [0.25, 0.3) is 5.89 Å². The molecule has 0 saturated carbocycles. The Hall–Kier alpha value is -2.24. The number of rotatable bonds is 3. The molecule has 2 heterocycles. The third-order valence-corrected chi connectivity index (χ3v) is 4.07. The Morgan fingerprint density at radius 2 is 2.18 bits per heavy atom. The molecule has 1 atom stereocenters. The summed E-state index contributed by atoms with van der Waals surface area (Å²) in [6.07, 6.45) is 4.01. The molecule has 116 valence electrons. The van der Waals surface area contributed by atoms with Gasteiger partial charge in [-0.3, -0.25) is 4.79 Å². The molecule has 1 fully saturated rings. The Kier molecular flexibility index (Phi) is 4.18. The maximum Gasteiger partial charge on any atom is 0.311 e. The number of carbonyl (C=O) groups is 1. The van der Waals surface area contributed by atoms with Crippen molar-refractivity contribution in [3.63, 3.8) is 0 Å². The molecule has 2 aromatic rings. The Bertz CT molecular complexity index is 671. The van der Waals surface area contributed by atoms with E-state index in [1.54, 1.807) is 23.1 Å². The highest BCUT2D eigenvalue weighted by atomic mass is 19.1. The van der Waals surface area contributed by atoms with Crippen LogP contribution in [0.3, 0.4) is 0 Å². The highest BCUT2D eigenvalue weighted by Gasteiger charge is 2.29. The van der Waals surface area contributed by atoms with E-state index in [4.69, 9.17) is 4.42 Å². The third-order valence-electron chi connectivity index (χ3n) is 4.07. The SMILES string of the molecule is CCC1CCCCN1C(=O)c1nnc(-c2ccccc2F)o1. The van der Waals surface area contributed by atoms with E-state index in [9.17, 15) is 9.18 Å². The zero-order chi connectivity index (χ0) is 15.5. The molecule has 1 amide bonds. The Morgan fingerprint density at radius 1 is 1.36 bits per heavy atom. The van der Waals surface area contributed by atoms with Crippen molar-refractivity contribution in [3.05, 3.63) is 36.0 Å². The van der Waals surface area contributed by atoms with Crippen LogP contribution in [0.4, 0.5) is 4.39 Å². The Morgan fingerprint density at radius 3 is 2.95 bits per heavy atom. The van der Waals surface area contributed by atoms with Gasteiger partial charge in [-0.1, -0.05) is 19.1 Å². The van der Waals surface area contributed by atoms with Gasteiger partial charge in [-0.25, -0.2) is 4.39 Å². The standard InChI is InChI=1S/C16H18FN3O2/c1-2-11-7-5-6-10-20(11)16(21)15-19-18-14(22-15)12-8-3-4-9-13(12)17/h3-4,8-9,11H,2,5-7,10H2,1H3. The quantitative estimate of drug-likeness (QED) is 0.873. The van der Waals surface area contributed by atoms with Gasteiger partial charge in [0.1, 0.15) is 5.82 Å². The lowest BCUT2D eigenvalue weighted by molar-refractivity contribution is 0.0568. The molecule has 0 radical (unpaired) electrons. The average Bonchev–Trinajstić information content (AvgIpc) is 3.04. The number of aromatic nitrogens is 2. The summed E-state index contributed by atoms with van der Waals surface area (Å²) in [5.74, 6) is -0.749. The van der Waals surface area contributed by atoms with Gasteiger partial charge < -0.3 is 9.32 Å². The molecular weight excluding hydrogens is 285 g/mol. The lowest BCUT2D eigenvalue weighted by Gasteiger charge is -2.34. The molecule has 1 unspecified atom stereocenters. The van der Waals surface area contributed by atoms with Crippen LogP contribution in [0.2, 0.25) is 0 Å². The fourth-order valence-corrected chi connectivity index (χ4v) is 2.87. The maximum absolute atomic E-state index is 13.7. The number of amides is 1. The van der Waals surface area contributed by atoms with E-state index in [1.165, 1.54) is 6.07 Å². The molecule has 0 bridgehead atoms. The summed E-state index contributed by atoms with van der Waals surface area (Å²) in [4.78, 5) is 14.3. The molecule has 1 aromatic carbocycles. The predicted octanol–water partition coefficient (Wildman–Crippen LogP) is 3.28. The number of hydrogen-bond donors (Lipinski definition) is 0.